The average Bonchev–Trinajstić information content (AvgIpc) is 2.85. The first kappa shape index (κ1) is 13.5. The van der Waals surface area contributed by atoms with Gasteiger partial charge in [-0.05, 0) is 47.5 Å². The highest BCUT2D eigenvalue weighted by Crippen LogP contribution is 2.29. The molecule has 0 atom stereocenters. The summed E-state index contributed by atoms with van der Waals surface area (Å²) in [6.45, 7) is 0. The number of benzene rings is 1. The van der Waals surface area contributed by atoms with Gasteiger partial charge in [0.1, 0.15) is 11.5 Å². The van der Waals surface area contributed by atoms with Gasteiger partial charge in [0.25, 0.3) is 11.0 Å². The first-order valence-corrected chi connectivity index (χ1v) is 6.56. The number of rotatable bonds is 3. The van der Waals surface area contributed by atoms with Gasteiger partial charge in [-0.15, -0.1) is 0 Å². The highest BCUT2D eigenvalue weighted by Gasteiger charge is 2.23. The summed E-state index contributed by atoms with van der Waals surface area (Å²) in [6.07, 6.45) is 1.66. The lowest BCUT2D eigenvalue weighted by Gasteiger charge is -2.04. The van der Waals surface area contributed by atoms with Gasteiger partial charge in [-0.2, -0.15) is 0 Å². The Morgan fingerprint density at radius 2 is 1.86 bits per heavy atom. The zero-order chi connectivity index (χ0) is 15.0. The highest BCUT2D eigenvalue weighted by molar-refractivity contribution is 6.83. The molecule has 0 aliphatic heterocycles. The van der Waals surface area contributed by atoms with E-state index in [0.29, 0.717) is 11.1 Å². The van der Waals surface area contributed by atoms with Crippen molar-refractivity contribution in [3.05, 3.63) is 66.2 Å². The molecule has 0 bridgehead atoms. The maximum atomic E-state index is 13.4. The number of hydrogen-bond donors (Lipinski definition) is 0. The lowest BCUT2D eigenvalue weighted by molar-refractivity contribution is -0.108. The van der Waals surface area contributed by atoms with Crippen LogP contribution in [0.4, 0.5) is 4.39 Å². The summed E-state index contributed by atoms with van der Waals surface area (Å²) in [7, 11) is 0. The van der Waals surface area contributed by atoms with Crippen molar-refractivity contribution < 1.29 is 14.0 Å². The fourth-order valence-corrected chi connectivity index (χ4v) is 2.41. The Kier molecular flexibility index (Phi) is 3.31. The molecule has 2 heterocycles. The van der Waals surface area contributed by atoms with E-state index in [4.69, 9.17) is 11.6 Å². The molecular formula is C16H9ClFNO2. The molecule has 104 valence electrons. The molecule has 0 aliphatic rings. The van der Waals surface area contributed by atoms with E-state index in [1.54, 1.807) is 40.9 Å². The Labute approximate surface area is 124 Å². The molecule has 3 aromatic rings. The Balaban J connectivity index is 2.34. The van der Waals surface area contributed by atoms with Crippen LogP contribution in [0, 0.1) is 5.82 Å². The SMILES string of the molecule is O=C(Cl)C(=O)c1c(-c2cccc(F)c2)cc2ccccn12. The predicted molar refractivity (Wildman–Crippen MR) is 78.0 cm³/mol. The Hall–Kier alpha value is -2.46. The third-order valence-corrected chi connectivity index (χ3v) is 3.38. The number of Topliss-reactive ketones (excluding diaryl/α,β-unsaturated/α-hetero) is 1. The van der Waals surface area contributed by atoms with Crippen LogP contribution in [-0.4, -0.2) is 15.4 Å². The molecule has 0 fully saturated rings. The maximum absolute atomic E-state index is 13.4. The summed E-state index contributed by atoms with van der Waals surface area (Å²) in [4.78, 5) is 23.4. The number of hydrogen-bond acceptors (Lipinski definition) is 2. The van der Waals surface area contributed by atoms with Crippen LogP contribution < -0.4 is 0 Å². The smallest absolute Gasteiger partial charge is 0.294 e. The van der Waals surface area contributed by atoms with Crippen LogP contribution in [0.2, 0.25) is 0 Å². The van der Waals surface area contributed by atoms with E-state index in [2.05, 4.69) is 0 Å². The third-order valence-electron chi connectivity index (χ3n) is 3.21. The van der Waals surface area contributed by atoms with Crippen molar-refractivity contribution in [2.45, 2.75) is 0 Å². The van der Waals surface area contributed by atoms with E-state index in [1.807, 2.05) is 6.07 Å². The van der Waals surface area contributed by atoms with E-state index in [-0.39, 0.29) is 5.69 Å². The molecule has 0 saturated carbocycles. The minimum absolute atomic E-state index is 0.135. The molecule has 0 unspecified atom stereocenters. The van der Waals surface area contributed by atoms with Gasteiger partial charge in [0, 0.05) is 17.3 Å². The molecule has 0 N–H and O–H groups in total. The third kappa shape index (κ3) is 2.34. The van der Waals surface area contributed by atoms with Crippen molar-refractivity contribution in [2.24, 2.45) is 0 Å². The fourth-order valence-electron chi connectivity index (χ4n) is 2.32. The van der Waals surface area contributed by atoms with Crippen LogP contribution in [0.15, 0.2) is 54.7 Å². The summed E-state index contributed by atoms with van der Waals surface area (Å²) in [5.41, 5.74) is 1.84. The Morgan fingerprint density at radius 3 is 2.57 bits per heavy atom. The van der Waals surface area contributed by atoms with Gasteiger partial charge in [-0.25, -0.2) is 4.39 Å². The van der Waals surface area contributed by atoms with E-state index < -0.39 is 16.8 Å². The zero-order valence-corrected chi connectivity index (χ0v) is 11.5. The largest absolute Gasteiger partial charge is 0.313 e. The predicted octanol–water partition coefficient (Wildman–Crippen LogP) is 3.69. The number of carbonyl (C=O) groups is 2. The Bertz CT molecular complexity index is 870. The second-order valence-electron chi connectivity index (χ2n) is 4.52. The van der Waals surface area contributed by atoms with Crippen LogP contribution in [0.5, 0.6) is 0 Å². The molecule has 0 radical (unpaired) electrons. The van der Waals surface area contributed by atoms with E-state index in [1.165, 1.54) is 12.1 Å². The molecule has 3 nitrogen and oxygen atoms in total. The average molecular weight is 302 g/mol. The number of aromatic nitrogens is 1. The monoisotopic (exact) mass is 301 g/mol. The molecule has 0 amide bonds. The molecule has 21 heavy (non-hydrogen) atoms. The Morgan fingerprint density at radius 1 is 1.05 bits per heavy atom. The molecule has 0 saturated heterocycles. The molecule has 0 spiro atoms. The summed E-state index contributed by atoms with van der Waals surface area (Å²) in [6, 6.07) is 12.9. The number of ketones is 1. The number of pyridine rings is 1. The summed E-state index contributed by atoms with van der Waals surface area (Å²) < 4.78 is 15.0. The van der Waals surface area contributed by atoms with Crippen LogP contribution in [-0.2, 0) is 4.79 Å². The van der Waals surface area contributed by atoms with Crippen LogP contribution >= 0.6 is 11.6 Å². The second kappa shape index (κ2) is 5.14. The molecule has 5 heteroatoms. The number of carbonyl (C=O) groups excluding carboxylic acids is 2. The summed E-state index contributed by atoms with van der Waals surface area (Å²) >= 11 is 5.33. The van der Waals surface area contributed by atoms with Crippen molar-refractivity contribution in [1.29, 1.82) is 0 Å². The van der Waals surface area contributed by atoms with Crippen LogP contribution in [0.25, 0.3) is 16.6 Å². The normalized spacial score (nSPS) is 10.8. The molecule has 0 aliphatic carbocycles. The number of fused-ring (bicyclic) bond motifs is 1. The standard InChI is InChI=1S/C16H9ClFNO2/c17-16(21)15(20)14-13(10-4-3-5-11(18)8-10)9-12-6-1-2-7-19(12)14/h1-9H. The van der Waals surface area contributed by atoms with Gasteiger partial charge in [-0.3, -0.25) is 9.59 Å². The minimum Gasteiger partial charge on any atom is -0.313 e. The molecule has 2 aromatic heterocycles. The van der Waals surface area contributed by atoms with Gasteiger partial charge in [0.2, 0.25) is 0 Å². The van der Waals surface area contributed by atoms with Crippen LogP contribution in [0.3, 0.4) is 0 Å². The minimum atomic E-state index is -1.07. The quantitative estimate of drug-likeness (QED) is 0.420. The van der Waals surface area contributed by atoms with Crippen molar-refractivity contribution >= 4 is 28.1 Å². The van der Waals surface area contributed by atoms with Crippen molar-refractivity contribution in [2.75, 3.05) is 0 Å². The van der Waals surface area contributed by atoms with Crippen molar-refractivity contribution in [3.63, 3.8) is 0 Å². The van der Waals surface area contributed by atoms with E-state index in [9.17, 15) is 14.0 Å². The van der Waals surface area contributed by atoms with Crippen molar-refractivity contribution in [1.82, 2.24) is 4.40 Å². The molecule has 1 aromatic carbocycles. The fraction of sp³-hybridized carbons (Fsp3) is 0. The first-order chi connectivity index (χ1) is 10.1. The van der Waals surface area contributed by atoms with Gasteiger partial charge in [0.15, 0.2) is 0 Å². The lowest BCUT2D eigenvalue weighted by Crippen LogP contribution is -2.11. The van der Waals surface area contributed by atoms with Crippen molar-refractivity contribution in [3.8, 4) is 11.1 Å². The summed E-state index contributed by atoms with van der Waals surface area (Å²) in [5, 5.41) is -1.07. The van der Waals surface area contributed by atoms with Gasteiger partial charge in [-0.1, -0.05) is 18.2 Å². The van der Waals surface area contributed by atoms with Gasteiger partial charge < -0.3 is 4.40 Å². The molecular weight excluding hydrogens is 293 g/mol. The topological polar surface area (TPSA) is 38.5 Å². The highest BCUT2D eigenvalue weighted by atomic mass is 35.5. The maximum Gasteiger partial charge on any atom is 0.294 e. The zero-order valence-electron chi connectivity index (χ0n) is 10.7. The number of halogens is 2. The molecule has 3 rings (SSSR count). The van der Waals surface area contributed by atoms with Crippen LogP contribution in [0.1, 0.15) is 10.5 Å². The first-order valence-electron chi connectivity index (χ1n) is 6.18. The van der Waals surface area contributed by atoms with E-state index in [0.717, 1.165) is 5.52 Å². The lowest BCUT2D eigenvalue weighted by atomic mass is 10.0. The van der Waals surface area contributed by atoms with Gasteiger partial charge in [0.05, 0.1) is 0 Å². The van der Waals surface area contributed by atoms with Gasteiger partial charge >= 0.3 is 0 Å². The summed E-state index contributed by atoms with van der Waals surface area (Å²) in [5.74, 6) is -1.24. The number of nitrogens with zero attached hydrogens (tertiary/aromatic N) is 1. The second-order valence-corrected chi connectivity index (χ2v) is 4.86. The van der Waals surface area contributed by atoms with E-state index >= 15 is 0 Å².